The Morgan fingerprint density at radius 2 is 1.66 bits per heavy atom. The van der Waals surface area contributed by atoms with Crippen molar-refractivity contribution < 1.29 is 33.8 Å². The highest BCUT2D eigenvalue weighted by atomic mass is 16.6. The van der Waals surface area contributed by atoms with Gasteiger partial charge < -0.3 is 25.4 Å². The highest BCUT2D eigenvalue weighted by molar-refractivity contribution is 6.35. The summed E-state index contributed by atoms with van der Waals surface area (Å²) in [5.74, 6) is -3.55. The Morgan fingerprint density at radius 3 is 2.20 bits per heavy atom. The Hall–Kier alpha value is -3.43. The molecule has 1 aromatic carbocycles. The number of ether oxygens (including phenoxy) is 1. The number of fused-ring (bicyclic) bond motifs is 2. The standard InChI is InChI=1S/C31H41N3O7/c1-30(2,3)41-29(40)33-23(19-13-17-8-6-7-9-18(17)14-19)27(37)34-15-20-22(31(20,4)5)24(34)26(36)32-21(12-16-10-11-16)25(35)28(38)39/h6-9,16,19-24H,10-15H2,1-5H3,(H,32,36)(H,33,40)(H,38,39). The van der Waals surface area contributed by atoms with Crippen LogP contribution in [0.15, 0.2) is 24.3 Å². The molecule has 3 aliphatic carbocycles. The number of aliphatic carboxylic acids is 1. The third-order valence-corrected chi connectivity index (χ3v) is 9.36. The molecule has 0 aromatic heterocycles. The quantitative estimate of drug-likeness (QED) is 0.390. The summed E-state index contributed by atoms with van der Waals surface area (Å²) in [5.41, 5.74) is 1.30. The van der Waals surface area contributed by atoms with Gasteiger partial charge in [0.05, 0.1) is 6.04 Å². The minimum absolute atomic E-state index is 0.0854. The molecule has 1 heterocycles. The summed E-state index contributed by atoms with van der Waals surface area (Å²) < 4.78 is 5.51. The number of Topliss-reactive ketones (excluding diaryl/α,β-unsaturated/α-hetero) is 1. The van der Waals surface area contributed by atoms with E-state index in [4.69, 9.17) is 4.74 Å². The van der Waals surface area contributed by atoms with Crippen LogP contribution in [0.25, 0.3) is 0 Å². The summed E-state index contributed by atoms with van der Waals surface area (Å²) in [6, 6.07) is 5.03. The molecule has 3 fully saturated rings. The van der Waals surface area contributed by atoms with Gasteiger partial charge in [0, 0.05) is 6.54 Å². The van der Waals surface area contributed by atoms with Crippen molar-refractivity contribution in [3.05, 3.63) is 35.4 Å². The topological polar surface area (TPSA) is 142 Å². The van der Waals surface area contributed by atoms with Gasteiger partial charge in [0.1, 0.15) is 17.7 Å². The van der Waals surface area contributed by atoms with Gasteiger partial charge in [0.15, 0.2) is 0 Å². The first-order valence-electron chi connectivity index (χ1n) is 14.6. The number of hydrogen-bond donors (Lipinski definition) is 3. The van der Waals surface area contributed by atoms with E-state index in [1.54, 1.807) is 25.7 Å². The maximum Gasteiger partial charge on any atom is 0.408 e. The maximum atomic E-state index is 14.3. The number of piperidine rings is 1. The van der Waals surface area contributed by atoms with Gasteiger partial charge >= 0.3 is 12.1 Å². The van der Waals surface area contributed by atoms with E-state index in [-0.39, 0.29) is 41.4 Å². The second-order valence-electron chi connectivity index (χ2n) is 13.9. The molecule has 3 N–H and O–H groups in total. The fourth-order valence-corrected chi connectivity index (χ4v) is 6.96. The highest BCUT2D eigenvalue weighted by Crippen LogP contribution is 2.65. The van der Waals surface area contributed by atoms with Crippen LogP contribution in [0.4, 0.5) is 4.79 Å². The lowest BCUT2D eigenvalue weighted by Crippen LogP contribution is -2.59. The summed E-state index contributed by atoms with van der Waals surface area (Å²) in [5, 5.41) is 14.9. The molecule has 5 unspecified atom stereocenters. The summed E-state index contributed by atoms with van der Waals surface area (Å²) in [6.45, 7) is 9.71. The lowest BCUT2D eigenvalue weighted by Gasteiger charge is -2.35. The summed E-state index contributed by atoms with van der Waals surface area (Å²) in [7, 11) is 0. The van der Waals surface area contributed by atoms with Crippen molar-refractivity contribution in [3.8, 4) is 0 Å². The van der Waals surface area contributed by atoms with E-state index in [0.717, 1.165) is 24.0 Å². The third kappa shape index (κ3) is 5.97. The number of nitrogens with zero attached hydrogens (tertiary/aromatic N) is 1. The molecule has 1 saturated heterocycles. The van der Waals surface area contributed by atoms with E-state index in [9.17, 15) is 29.1 Å². The van der Waals surface area contributed by atoms with E-state index >= 15 is 0 Å². The van der Waals surface area contributed by atoms with Gasteiger partial charge in [-0.25, -0.2) is 9.59 Å². The smallest absolute Gasteiger partial charge is 0.408 e. The average Bonchev–Trinajstić information content (AvgIpc) is 3.63. The zero-order valence-electron chi connectivity index (χ0n) is 24.4. The number of likely N-dealkylation sites (tertiary alicyclic amines) is 1. The maximum absolute atomic E-state index is 14.3. The van der Waals surface area contributed by atoms with Crippen molar-refractivity contribution in [2.45, 2.75) is 90.4 Å². The molecule has 2 saturated carbocycles. The number of amides is 3. The van der Waals surface area contributed by atoms with Crippen LogP contribution in [0, 0.1) is 29.1 Å². The van der Waals surface area contributed by atoms with Crippen molar-refractivity contribution in [1.82, 2.24) is 15.5 Å². The van der Waals surface area contributed by atoms with Gasteiger partial charge in [0.25, 0.3) is 5.78 Å². The first-order chi connectivity index (χ1) is 19.2. The molecule has 0 spiro atoms. The molecule has 222 valence electrons. The zero-order valence-corrected chi connectivity index (χ0v) is 24.4. The Kier molecular flexibility index (Phi) is 7.40. The molecule has 1 aromatic rings. The number of carboxylic acids is 1. The van der Waals surface area contributed by atoms with E-state index in [1.807, 2.05) is 24.3 Å². The SMILES string of the molecule is CC(C)(C)OC(=O)NC(C(=O)N1CC2C(C1C(=O)NC(CC1CC1)C(=O)C(=O)O)C2(C)C)C1Cc2ccccc2C1. The molecule has 0 bridgehead atoms. The number of nitrogens with one attached hydrogen (secondary N) is 2. The molecule has 1 aliphatic heterocycles. The number of hydrogen-bond acceptors (Lipinski definition) is 6. The van der Waals surface area contributed by atoms with Gasteiger partial charge in [-0.05, 0) is 80.2 Å². The highest BCUT2D eigenvalue weighted by Gasteiger charge is 2.70. The molecular formula is C31H41N3O7. The molecule has 5 rings (SSSR count). The van der Waals surface area contributed by atoms with Crippen molar-refractivity contribution in [2.75, 3.05) is 6.54 Å². The van der Waals surface area contributed by atoms with Crippen LogP contribution < -0.4 is 10.6 Å². The summed E-state index contributed by atoms with van der Waals surface area (Å²) in [6.07, 6.45) is 2.57. The number of carbonyl (C=O) groups is 5. The summed E-state index contributed by atoms with van der Waals surface area (Å²) >= 11 is 0. The normalized spacial score (nSPS) is 25.9. The predicted molar refractivity (Wildman–Crippen MR) is 149 cm³/mol. The minimum Gasteiger partial charge on any atom is -0.475 e. The van der Waals surface area contributed by atoms with Gasteiger partial charge in [0.2, 0.25) is 11.8 Å². The Labute approximate surface area is 240 Å². The monoisotopic (exact) mass is 567 g/mol. The van der Waals surface area contributed by atoms with Crippen LogP contribution in [0.2, 0.25) is 0 Å². The van der Waals surface area contributed by atoms with Crippen molar-refractivity contribution in [1.29, 1.82) is 0 Å². The van der Waals surface area contributed by atoms with Crippen molar-refractivity contribution in [2.24, 2.45) is 29.1 Å². The number of carbonyl (C=O) groups excluding carboxylic acids is 4. The van der Waals surface area contributed by atoms with E-state index in [0.29, 0.717) is 19.4 Å². The summed E-state index contributed by atoms with van der Waals surface area (Å²) in [4.78, 5) is 66.5. The van der Waals surface area contributed by atoms with Crippen molar-refractivity contribution in [3.63, 3.8) is 0 Å². The number of rotatable bonds is 9. The van der Waals surface area contributed by atoms with Crippen LogP contribution >= 0.6 is 0 Å². The van der Waals surface area contributed by atoms with Crippen LogP contribution in [0.5, 0.6) is 0 Å². The molecule has 3 amide bonds. The second kappa shape index (κ2) is 10.4. The van der Waals surface area contributed by atoms with Crippen LogP contribution in [-0.2, 0) is 36.8 Å². The number of ketones is 1. The van der Waals surface area contributed by atoms with Gasteiger partial charge in [-0.2, -0.15) is 0 Å². The molecular weight excluding hydrogens is 526 g/mol. The van der Waals surface area contributed by atoms with Crippen molar-refractivity contribution >= 4 is 29.7 Å². The Morgan fingerprint density at radius 1 is 1.05 bits per heavy atom. The first kappa shape index (κ1) is 29.1. The lowest BCUT2D eigenvalue weighted by molar-refractivity contribution is -0.151. The molecule has 10 nitrogen and oxygen atoms in total. The largest absolute Gasteiger partial charge is 0.475 e. The van der Waals surface area contributed by atoms with E-state index < -0.39 is 47.5 Å². The van der Waals surface area contributed by atoms with Gasteiger partial charge in [-0.1, -0.05) is 51.0 Å². The lowest BCUT2D eigenvalue weighted by atomic mass is 9.93. The molecule has 4 aliphatic rings. The van der Waals surface area contributed by atoms with Crippen LogP contribution in [0.1, 0.15) is 65.0 Å². The molecule has 0 radical (unpaired) electrons. The Bertz CT molecular complexity index is 1240. The van der Waals surface area contributed by atoms with E-state index in [1.165, 1.54) is 0 Å². The van der Waals surface area contributed by atoms with Crippen LogP contribution in [0.3, 0.4) is 0 Å². The fraction of sp³-hybridized carbons (Fsp3) is 0.645. The van der Waals surface area contributed by atoms with Crippen LogP contribution in [-0.4, -0.2) is 69.9 Å². The molecule has 10 heteroatoms. The predicted octanol–water partition coefficient (Wildman–Crippen LogP) is 2.72. The van der Waals surface area contributed by atoms with Gasteiger partial charge in [-0.3, -0.25) is 14.4 Å². The Balaban J connectivity index is 1.39. The second-order valence-corrected chi connectivity index (χ2v) is 13.9. The zero-order chi connectivity index (χ0) is 29.9. The molecule has 41 heavy (non-hydrogen) atoms. The van der Waals surface area contributed by atoms with E-state index in [2.05, 4.69) is 24.5 Å². The number of alkyl carbamates (subject to hydrolysis) is 1. The third-order valence-electron chi connectivity index (χ3n) is 9.36. The fourth-order valence-electron chi connectivity index (χ4n) is 6.96. The van der Waals surface area contributed by atoms with Gasteiger partial charge in [-0.15, -0.1) is 0 Å². The first-order valence-corrected chi connectivity index (χ1v) is 14.6. The number of carboxylic acid groups (broad SMARTS) is 1. The number of benzene rings is 1. The molecule has 5 atom stereocenters. The minimum atomic E-state index is -1.58. The average molecular weight is 568 g/mol.